The van der Waals surface area contributed by atoms with Crippen molar-refractivity contribution in [2.75, 3.05) is 20.3 Å². The van der Waals surface area contributed by atoms with Gasteiger partial charge in [0.2, 0.25) is 5.91 Å². The molecule has 0 radical (unpaired) electrons. The Labute approximate surface area is 136 Å². The zero-order chi connectivity index (χ0) is 16.3. The topological polar surface area (TPSA) is 42.4 Å². The Morgan fingerprint density at radius 1 is 1.27 bits per heavy atom. The summed E-state index contributed by atoms with van der Waals surface area (Å²) in [6, 6.07) is 6.15. The molecule has 2 rings (SSSR count). The van der Waals surface area contributed by atoms with E-state index < -0.39 is 0 Å². The third kappa shape index (κ3) is 3.76. The van der Waals surface area contributed by atoms with E-state index in [9.17, 15) is 4.79 Å². The summed E-state index contributed by atoms with van der Waals surface area (Å²) in [5.74, 6) is -0.00620. The van der Waals surface area contributed by atoms with E-state index >= 15 is 0 Å². The third-order valence-corrected chi connectivity index (χ3v) is 4.16. The van der Waals surface area contributed by atoms with Crippen molar-refractivity contribution in [3.63, 3.8) is 0 Å². The fraction of sp³-hybridized carbons (Fsp3) is 0.412. The van der Waals surface area contributed by atoms with Crippen LogP contribution in [0.3, 0.4) is 0 Å². The molecule has 0 atom stereocenters. The fourth-order valence-corrected chi connectivity index (χ4v) is 2.53. The van der Waals surface area contributed by atoms with Crippen molar-refractivity contribution in [1.29, 1.82) is 0 Å². The molecule has 1 amide bonds. The number of amides is 1. The Bertz CT molecular complexity index is 701. The number of aryl methyl sites for hydroxylation is 2. The van der Waals surface area contributed by atoms with Crippen LogP contribution in [0, 0.1) is 13.8 Å². The lowest BCUT2D eigenvalue weighted by molar-refractivity contribution is -0.130. The van der Waals surface area contributed by atoms with Gasteiger partial charge in [0.15, 0.2) is 0 Å². The minimum atomic E-state index is -0.00620. The van der Waals surface area contributed by atoms with Crippen LogP contribution in [0.4, 0.5) is 0 Å². The molecule has 1 aromatic heterocycles. The monoisotopic (exact) mass is 320 g/mol. The van der Waals surface area contributed by atoms with E-state index in [0.717, 1.165) is 16.5 Å². The summed E-state index contributed by atoms with van der Waals surface area (Å²) in [7, 11) is 1.62. The Hall–Kier alpha value is -1.65. The van der Waals surface area contributed by atoms with Crippen LogP contribution in [0.15, 0.2) is 18.2 Å². The molecule has 22 heavy (non-hydrogen) atoms. The minimum absolute atomic E-state index is 0.00620. The number of hydrogen-bond acceptors (Lipinski definition) is 3. The lowest BCUT2D eigenvalue weighted by Gasteiger charge is -2.21. The fourth-order valence-electron chi connectivity index (χ4n) is 2.33. The van der Waals surface area contributed by atoms with Crippen LogP contribution >= 0.6 is 11.6 Å². The largest absolute Gasteiger partial charge is 0.383 e. The van der Waals surface area contributed by atoms with Crippen LogP contribution in [0.25, 0.3) is 10.9 Å². The van der Waals surface area contributed by atoms with Gasteiger partial charge in [-0.15, -0.1) is 0 Å². The maximum Gasteiger partial charge on any atom is 0.219 e. The average molecular weight is 321 g/mol. The van der Waals surface area contributed by atoms with Crippen molar-refractivity contribution in [1.82, 2.24) is 9.88 Å². The molecule has 118 valence electrons. The smallest absolute Gasteiger partial charge is 0.219 e. The summed E-state index contributed by atoms with van der Waals surface area (Å²) in [6.07, 6.45) is 0. The van der Waals surface area contributed by atoms with Gasteiger partial charge in [-0.2, -0.15) is 0 Å². The highest BCUT2D eigenvalue weighted by atomic mass is 35.5. The molecule has 1 heterocycles. The van der Waals surface area contributed by atoms with Crippen molar-refractivity contribution >= 4 is 28.4 Å². The molecule has 0 aliphatic carbocycles. The van der Waals surface area contributed by atoms with Crippen LogP contribution in [0.2, 0.25) is 5.15 Å². The number of halogens is 1. The van der Waals surface area contributed by atoms with Crippen molar-refractivity contribution in [2.24, 2.45) is 0 Å². The number of carbonyl (C=O) groups excluding carboxylic acids is 1. The molecule has 0 bridgehead atoms. The van der Waals surface area contributed by atoms with E-state index in [4.69, 9.17) is 16.3 Å². The van der Waals surface area contributed by atoms with Crippen LogP contribution < -0.4 is 0 Å². The number of pyridine rings is 1. The highest BCUT2D eigenvalue weighted by molar-refractivity contribution is 6.30. The maximum absolute atomic E-state index is 11.7. The summed E-state index contributed by atoms with van der Waals surface area (Å²) < 4.78 is 5.05. The van der Waals surface area contributed by atoms with E-state index in [1.54, 1.807) is 18.9 Å². The van der Waals surface area contributed by atoms with Gasteiger partial charge in [0, 0.05) is 38.1 Å². The molecule has 0 aliphatic heterocycles. The Kier molecular flexibility index (Phi) is 5.37. The van der Waals surface area contributed by atoms with Gasteiger partial charge in [-0.05, 0) is 43.2 Å². The number of fused-ring (bicyclic) bond motifs is 1. The van der Waals surface area contributed by atoms with Gasteiger partial charge in [0.25, 0.3) is 0 Å². The molecule has 0 saturated heterocycles. The molecule has 2 aromatic rings. The number of rotatable bonds is 5. The molecule has 0 unspecified atom stereocenters. The second-order valence-electron chi connectivity index (χ2n) is 5.50. The Balaban J connectivity index is 2.35. The summed E-state index contributed by atoms with van der Waals surface area (Å²) >= 11 is 6.30. The van der Waals surface area contributed by atoms with E-state index in [1.165, 1.54) is 11.1 Å². The van der Waals surface area contributed by atoms with Crippen LogP contribution in [0.5, 0.6) is 0 Å². The van der Waals surface area contributed by atoms with Crippen LogP contribution in [0.1, 0.15) is 23.6 Å². The van der Waals surface area contributed by atoms with Gasteiger partial charge >= 0.3 is 0 Å². The highest BCUT2D eigenvalue weighted by Gasteiger charge is 2.13. The van der Waals surface area contributed by atoms with E-state index in [2.05, 4.69) is 24.9 Å². The third-order valence-electron chi connectivity index (χ3n) is 3.83. The lowest BCUT2D eigenvalue weighted by atomic mass is 10.0. The first-order chi connectivity index (χ1) is 10.4. The molecule has 0 aliphatic rings. The maximum atomic E-state index is 11.7. The molecular weight excluding hydrogens is 300 g/mol. The number of hydrogen-bond donors (Lipinski definition) is 0. The number of nitrogens with zero attached hydrogens (tertiary/aromatic N) is 2. The highest BCUT2D eigenvalue weighted by Crippen LogP contribution is 2.24. The van der Waals surface area contributed by atoms with Crippen molar-refractivity contribution < 1.29 is 9.53 Å². The van der Waals surface area contributed by atoms with Crippen molar-refractivity contribution in [2.45, 2.75) is 27.3 Å². The summed E-state index contributed by atoms with van der Waals surface area (Å²) in [6.45, 7) is 7.15. The first kappa shape index (κ1) is 16.7. The molecule has 5 heteroatoms. The van der Waals surface area contributed by atoms with Gasteiger partial charge in [0.05, 0.1) is 12.1 Å². The second-order valence-corrected chi connectivity index (χ2v) is 5.86. The van der Waals surface area contributed by atoms with Crippen LogP contribution in [-0.4, -0.2) is 36.1 Å². The Morgan fingerprint density at radius 3 is 2.59 bits per heavy atom. The summed E-state index contributed by atoms with van der Waals surface area (Å²) in [4.78, 5) is 17.9. The van der Waals surface area contributed by atoms with Gasteiger partial charge in [-0.3, -0.25) is 4.79 Å². The second kappa shape index (κ2) is 7.07. The van der Waals surface area contributed by atoms with E-state index in [1.807, 2.05) is 12.1 Å². The van der Waals surface area contributed by atoms with Crippen molar-refractivity contribution in [3.05, 3.63) is 40.0 Å². The first-order valence-corrected chi connectivity index (χ1v) is 7.61. The number of methoxy groups -OCH3 is 1. The molecule has 0 N–H and O–H groups in total. The first-order valence-electron chi connectivity index (χ1n) is 7.23. The van der Waals surface area contributed by atoms with Gasteiger partial charge in [-0.1, -0.05) is 11.6 Å². The molecule has 0 spiro atoms. The predicted octanol–water partition coefficient (Wildman–Crippen LogP) is 3.50. The van der Waals surface area contributed by atoms with Gasteiger partial charge < -0.3 is 9.64 Å². The lowest BCUT2D eigenvalue weighted by Crippen LogP contribution is -2.31. The summed E-state index contributed by atoms with van der Waals surface area (Å²) in [5, 5.41) is 1.48. The SMILES string of the molecule is COCCN(Cc1cc2cc(C)c(C)cc2nc1Cl)C(C)=O. The number of ether oxygens (including phenoxy) is 1. The molecular formula is C17H21ClN2O2. The number of carbonyl (C=O) groups is 1. The number of benzene rings is 1. The average Bonchev–Trinajstić information content (AvgIpc) is 2.45. The number of aromatic nitrogens is 1. The van der Waals surface area contributed by atoms with E-state index in [0.29, 0.717) is 24.8 Å². The van der Waals surface area contributed by atoms with Gasteiger partial charge in [-0.25, -0.2) is 4.98 Å². The van der Waals surface area contributed by atoms with Gasteiger partial charge in [0.1, 0.15) is 5.15 Å². The minimum Gasteiger partial charge on any atom is -0.383 e. The molecule has 4 nitrogen and oxygen atoms in total. The summed E-state index contributed by atoms with van der Waals surface area (Å²) in [5.41, 5.74) is 4.13. The standard InChI is InChI=1S/C17H21ClN2O2/c1-11-7-14-9-15(10-20(13(3)21)5-6-22-4)17(18)19-16(14)8-12(11)2/h7-9H,5-6,10H2,1-4H3. The predicted molar refractivity (Wildman–Crippen MR) is 89.2 cm³/mol. The quantitative estimate of drug-likeness (QED) is 0.792. The van der Waals surface area contributed by atoms with Crippen LogP contribution in [-0.2, 0) is 16.1 Å². The molecule has 1 aromatic carbocycles. The van der Waals surface area contributed by atoms with Crippen molar-refractivity contribution in [3.8, 4) is 0 Å². The molecule has 0 saturated carbocycles. The van der Waals surface area contributed by atoms with E-state index in [-0.39, 0.29) is 5.91 Å². The zero-order valence-corrected chi connectivity index (χ0v) is 14.2. The molecule has 0 fully saturated rings. The normalized spacial score (nSPS) is 11.0. The zero-order valence-electron chi connectivity index (χ0n) is 13.4. The Morgan fingerprint density at radius 2 is 1.95 bits per heavy atom.